The molecule has 2 aromatic carbocycles. The van der Waals surface area contributed by atoms with Crippen LogP contribution in [0, 0.1) is 12.3 Å². The highest BCUT2D eigenvalue weighted by atomic mass is 32.2. The molecule has 0 fully saturated rings. The van der Waals surface area contributed by atoms with E-state index < -0.39 is 15.7 Å². The molecule has 2 aromatic rings. The van der Waals surface area contributed by atoms with Crippen LogP contribution in [0.2, 0.25) is 0 Å². The van der Waals surface area contributed by atoms with Gasteiger partial charge in [-0.1, -0.05) is 12.0 Å². The number of hydrogen-bond donors (Lipinski definition) is 1. The standard InChI is InChI=1S/C19H17NO5S/c1-2-14-4-3-5-15(12-14)20-19(21)8-11-26(22,23)16-6-7-17-18(13-16)25-10-9-24-17/h1,3-7,12-13H,8-11H2,(H,20,21). The summed E-state index contributed by atoms with van der Waals surface area (Å²) < 4.78 is 35.7. The Hall–Kier alpha value is -2.98. The van der Waals surface area contributed by atoms with E-state index in [4.69, 9.17) is 15.9 Å². The average Bonchev–Trinajstić information content (AvgIpc) is 2.66. The van der Waals surface area contributed by atoms with E-state index in [1.54, 1.807) is 30.3 Å². The Morgan fingerprint density at radius 3 is 2.65 bits per heavy atom. The third-order valence-electron chi connectivity index (χ3n) is 3.78. The van der Waals surface area contributed by atoms with E-state index in [1.165, 1.54) is 12.1 Å². The van der Waals surface area contributed by atoms with Crippen LogP contribution in [0.25, 0.3) is 0 Å². The van der Waals surface area contributed by atoms with Gasteiger partial charge in [0.1, 0.15) is 13.2 Å². The van der Waals surface area contributed by atoms with Crippen molar-refractivity contribution < 1.29 is 22.7 Å². The number of ether oxygens (including phenoxy) is 2. The molecule has 1 N–H and O–H groups in total. The lowest BCUT2D eigenvalue weighted by Crippen LogP contribution is -2.18. The lowest BCUT2D eigenvalue weighted by atomic mass is 10.2. The van der Waals surface area contributed by atoms with Crippen molar-refractivity contribution in [3.63, 3.8) is 0 Å². The molecule has 0 spiro atoms. The van der Waals surface area contributed by atoms with Crippen LogP contribution < -0.4 is 14.8 Å². The van der Waals surface area contributed by atoms with Crippen molar-refractivity contribution in [2.24, 2.45) is 0 Å². The summed E-state index contributed by atoms with van der Waals surface area (Å²) in [5.74, 6) is 2.67. The van der Waals surface area contributed by atoms with Crippen LogP contribution in [0.3, 0.4) is 0 Å². The first-order valence-electron chi connectivity index (χ1n) is 7.97. The number of nitrogens with one attached hydrogen (secondary N) is 1. The minimum atomic E-state index is -3.62. The van der Waals surface area contributed by atoms with Gasteiger partial charge in [-0.2, -0.15) is 0 Å². The van der Waals surface area contributed by atoms with E-state index in [2.05, 4.69) is 11.2 Å². The van der Waals surface area contributed by atoms with Crippen LogP contribution >= 0.6 is 0 Å². The molecule has 1 aliphatic heterocycles. The fourth-order valence-electron chi connectivity index (χ4n) is 2.47. The molecule has 1 heterocycles. The number of fused-ring (bicyclic) bond motifs is 1. The van der Waals surface area contributed by atoms with Gasteiger partial charge in [-0.05, 0) is 30.3 Å². The largest absolute Gasteiger partial charge is 0.486 e. The summed E-state index contributed by atoms with van der Waals surface area (Å²) in [6, 6.07) is 11.2. The van der Waals surface area contributed by atoms with Gasteiger partial charge in [0.05, 0.1) is 10.6 Å². The highest BCUT2D eigenvalue weighted by molar-refractivity contribution is 7.91. The van der Waals surface area contributed by atoms with Crippen molar-refractivity contribution in [1.82, 2.24) is 0 Å². The highest BCUT2D eigenvalue weighted by Crippen LogP contribution is 2.32. The topological polar surface area (TPSA) is 81.7 Å². The second-order valence-electron chi connectivity index (χ2n) is 5.65. The molecule has 0 aromatic heterocycles. The van der Waals surface area contributed by atoms with Gasteiger partial charge in [-0.15, -0.1) is 6.42 Å². The molecular weight excluding hydrogens is 354 g/mol. The number of anilines is 1. The zero-order valence-corrected chi connectivity index (χ0v) is 14.7. The van der Waals surface area contributed by atoms with Gasteiger partial charge < -0.3 is 14.8 Å². The normalized spacial score (nSPS) is 12.9. The predicted molar refractivity (Wildman–Crippen MR) is 97.1 cm³/mol. The van der Waals surface area contributed by atoms with E-state index in [-0.39, 0.29) is 17.1 Å². The fourth-order valence-corrected chi connectivity index (χ4v) is 3.72. The van der Waals surface area contributed by atoms with Crippen molar-refractivity contribution >= 4 is 21.4 Å². The summed E-state index contributed by atoms with van der Waals surface area (Å²) in [5, 5.41) is 2.65. The molecule has 0 saturated heterocycles. The van der Waals surface area contributed by atoms with E-state index in [9.17, 15) is 13.2 Å². The molecule has 0 radical (unpaired) electrons. The highest BCUT2D eigenvalue weighted by Gasteiger charge is 2.20. The maximum atomic E-state index is 12.5. The molecule has 6 nitrogen and oxygen atoms in total. The monoisotopic (exact) mass is 371 g/mol. The van der Waals surface area contributed by atoms with Crippen LogP contribution in [0.15, 0.2) is 47.4 Å². The zero-order valence-electron chi connectivity index (χ0n) is 13.9. The Morgan fingerprint density at radius 1 is 1.12 bits per heavy atom. The van der Waals surface area contributed by atoms with Gasteiger partial charge >= 0.3 is 0 Å². The van der Waals surface area contributed by atoms with Gasteiger partial charge in [0, 0.05) is 23.7 Å². The van der Waals surface area contributed by atoms with Gasteiger partial charge in [-0.3, -0.25) is 4.79 Å². The molecule has 0 aliphatic carbocycles. The lowest BCUT2D eigenvalue weighted by Gasteiger charge is -2.18. The first-order valence-corrected chi connectivity index (χ1v) is 9.62. The maximum absolute atomic E-state index is 12.5. The lowest BCUT2D eigenvalue weighted by molar-refractivity contribution is -0.115. The summed E-state index contributed by atoms with van der Waals surface area (Å²) in [5.41, 5.74) is 1.16. The third-order valence-corrected chi connectivity index (χ3v) is 5.50. The van der Waals surface area contributed by atoms with Crippen molar-refractivity contribution in [2.45, 2.75) is 11.3 Å². The van der Waals surface area contributed by atoms with Gasteiger partial charge in [0.25, 0.3) is 0 Å². The van der Waals surface area contributed by atoms with Crippen molar-refractivity contribution in [1.29, 1.82) is 0 Å². The molecule has 134 valence electrons. The van der Waals surface area contributed by atoms with E-state index in [1.807, 2.05) is 0 Å². The van der Waals surface area contributed by atoms with Gasteiger partial charge in [-0.25, -0.2) is 8.42 Å². The quantitative estimate of drug-likeness (QED) is 0.815. The first-order chi connectivity index (χ1) is 12.5. The number of sulfone groups is 1. The van der Waals surface area contributed by atoms with Crippen LogP contribution in [-0.4, -0.2) is 33.3 Å². The Balaban J connectivity index is 1.64. The van der Waals surface area contributed by atoms with Crippen molar-refractivity contribution in [2.75, 3.05) is 24.3 Å². The Kier molecular flexibility index (Phi) is 5.14. The number of amides is 1. The molecule has 0 bridgehead atoms. The van der Waals surface area contributed by atoms with Crippen LogP contribution in [0.5, 0.6) is 11.5 Å². The Bertz CT molecular complexity index is 976. The number of rotatable bonds is 5. The Morgan fingerprint density at radius 2 is 1.88 bits per heavy atom. The number of carbonyl (C=O) groups excluding carboxylic acids is 1. The summed E-state index contributed by atoms with van der Waals surface area (Å²) >= 11 is 0. The van der Waals surface area contributed by atoms with E-state index in [0.717, 1.165) is 0 Å². The van der Waals surface area contributed by atoms with E-state index in [0.29, 0.717) is 36.0 Å². The third kappa shape index (κ3) is 4.16. The number of terminal acetylenes is 1. The number of carbonyl (C=O) groups is 1. The zero-order chi connectivity index (χ0) is 18.6. The van der Waals surface area contributed by atoms with E-state index >= 15 is 0 Å². The molecule has 1 aliphatic rings. The van der Waals surface area contributed by atoms with Gasteiger partial charge in [0.15, 0.2) is 21.3 Å². The van der Waals surface area contributed by atoms with Gasteiger partial charge in [0.2, 0.25) is 5.91 Å². The number of benzene rings is 2. The second-order valence-corrected chi connectivity index (χ2v) is 7.76. The summed E-state index contributed by atoms with van der Waals surface area (Å²) in [4.78, 5) is 12.2. The molecule has 0 unspecified atom stereocenters. The molecule has 26 heavy (non-hydrogen) atoms. The molecular formula is C19H17NO5S. The molecule has 1 amide bonds. The summed E-state index contributed by atoms with van der Waals surface area (Å²) in [7, 11) is -3.62. The number of hydrogen-bond acceptors (Lipinski definition) is 5. The smallest absolute Gasteiger partial charge is 0.225 e. The van der Waals surface area contributed by atoms with Crippen LogP contribution in [0.4, 0.5) is 5.69 Å². The predicted octanol–water partition coefficient (Wildman–Crippen LogP) is 2.24. The molecule has 0 atom stereocenters. The summed E-state index contributed by atoms with van der Waals surface area (Å²) in [6.45, 7) is 0.801. The molecule has 7 heteroatoms. The maximum Gasteiger partial charge on any atom is 0.225 e. The second kappa shape index (κ2) is 7.50. The molecule has 0 saturated carbocycles. The van der Waals surface area contributed by atoms with Crippen molar-refractivity contribution in [3.05, 3.63) is 48.0 Å². The van der Waals surface area contributed by atoms with Crippen LogP contribution in [-0.2, 0) is 14.6 Å². The van der Waals surface area contributed by atoms with Crippen LogP contribution in [0.1, 0.15) is 12.0 Å². The molecule has 3 rings (SSSR count). The SMILES string of the molecule is C#Cc1cccc(NC(=O)CCS(=O)(=O)c2ccc3c(c2)OCCO3)c1. The minimum absolute atomic E-state index is 0.101. The fraction of sp³-hybridized carbons (Fsp3) is 0.211. The Labute approximate surface area is 152 Å². The minimum Gasteiger partial charge on any atom is -0.486 e. The van der Waals surface area contributed by atoms with Crippen molar-refractivity contribution in [3.8, 4) is 23.8 Å². The summed E-state index contributed by atoms with van der Waals surface area (Å²) in [6.07, 6.45) is 5.15. The first kappa shape index (κ1) is 17.8. The average molecular weight is 371 g/mol.